The molecule has 0 spiro atoms. The van der Waals surface area contributed by atoms with Crippen molar-refractivity contribution in [2.75, 3.05) is 9.80 Å². The maximum absolute atomic E-state index is 7.55. The third-order valence-electron chi connectivity index (χ3n) is 13.5. The normalized spacial score (nSPS) is 20.8. The molecule has 5 heterocycles. The molecule has 5 aromatic carbocycles. The third kappa shape index (κ3) is 4.10. The molecule has 0 amide bonds. The number of hydrogen-bond acceptors (Lipinski definition) is 5. The molecule has 6 aliphatic rings. The minimum Gasteiger partial charge on any atom is -0.464 e. The fourth-order valence-corrected chi connectivity index (χ4v) is 11.1. The molecule has 0 saturated carbocycles. The lowest BCUT2D eigenvalue weighted by molar-refractivity contribution is 0.406. The van der Waals surface area contributed by atoms with Gasteiger partial charge in [0, 0.05) is 62.5 Å². The van der Waals surface area contributed by atoms with E-state index >= 15 is 0 Å². The minimum atomic E-state index is -0.0497. The zero-order valence-electron chi connectivity index (χ0n) is 32.2. The van der Waals surface area contributed by atoms with E-state index in [-0.39, 0.29) is 18.7 Å². The standard InChI is InChI=1S/C51H39BN2O3/c1-28-25-38-43-39(26-28)54(32-18-8-5-9-19-32)47-44-41(27-37-35-23-14-22-34(49(35)57-50(37)47)33-20-11-10-15-29(33)2)56-51-42-36-21-12-13-24-40(36)55-48(42)30(3)46(45(51)52(43)44)53(38)31-16-6-4-7-17-31/h4-12,14,16-23,25-27,29-30,46H,13,15,24H2,1-3H3. The average molecular weight is 739 g/mol. The molecule has 13 rings (SSSR count). The van der Waals surface area contributed by atoms with Crippen LogP contribution < -0.4 is 25.5 Å². The Bertz CT molecular complexity index is 3040. The van der Waals surface area contributed by atoms with Crippen molar-refractivity contribution < 1.29 is 13.6 Å². The second-order valence-corrected chi connectivity index (χ2v) is 16.8. The highest BCUT2D eigenvalue weighted by molar-refractivity contribution is 6.97. The molecule has 0 fully saturated rings. The first-order valence-electron chi connectivity index (χ1n) is 20.5. The fraction of sp³-hybridized carbons (Fsp3) is 0.176. The number of para-hydroxylation sites is 3. The lowest BCUT2D eigenvalue weighted by Crippen LogP contribution is -2.64. The number of allylic oxidation sites excluding steroid dienone is 5. The van der Waals surface area contributed by atoms with Crippen LogP contribution in [0.1, 0.15) is 66.4 Å². The van der Waals surface area contributed by atoms with Crippen molar-refractivity contribution in [1.82, 2.24) is 0 Å². The quantitative estimate of drug-likeness (QED) is 0.169. The first kappa shape index (κ1) is 31.8. The highest BCUT2D eigenvalue weighted by Crippen LogP contribution is 2.57. The van der Waals surface area contributed by atoms with Crippen LogP contribution in [-0.4, -0.2) is 12.8 Å². The predicted molar refractivity (Wildman–Crippen MR) is 233 cm³/mol. The Balaban J connectivity index is 1.19. The third-order valence-corrected chi connectivity index (χ3v) is 13.5. The number of furan rings is 2. The molecule has 57 heavy (non-hydrogen) atoms. The van der Waals surface area contributed by atoms with Gasteiger partial charge in [-0.3, -0.25) is 0 Å². The minimum absolute atomic E-state index is 0.0336. The van der Waals surface area contributed by atoms with Gasteiger partial charge in [-0.05, 0) is 90.2 Å². The van der Waals surface area contributed by atoms with Crippen LogP contribution in [0.15, 0.2) is 136 Å². The molecule has 0 saturated heterocycles. The number of benzene rings is 5. The molecular weight excluding hydrogens is 699 g/mol. The molecular formula is C51H39BN2O3. The molecule has 5 nitrogen and oxygen atoms in total. The second-order valence-electron chi connectivity index (χ2n) is 16.8. The summed E-state index contributed by atoms with van der Waals surface area (Å²) in [6.07, 6.45) is 14.2. The summed E-state index contributed by atoms with van der Waals surface area (Å²) in [4.78, 5) is 5.06. The number of fused-ring (bicyclic) bond motifs is 8. The number of aryl methyl sites for hydroxylation is 2. The van der Waals surface area contributed by atoms with Crippen molar-refractivity contribution >= 4 is 85.4 Å². The predicted octanol–water partition coefficient (Wildman–Crippen LogP) is 11.8. The van der Waals surface area contributed by atoms with Crippen molar-refractivity contribution in [1.29, 1.82) is 0 Å². The topological polar surface area (TPSA) is 42.0 Å². The van der Waals surface area contributed by atoms with Gasteiger partial charge in [-0.25, -0.2) is 0 Å². The monoisotopic (exact) mass is 738 g/mol. The van der Waals surface area contributed by atoms with Gasteiger partial charge in [-0.1, -0.05) is 98.8 Å². The summed E-state index contributed by atoms with van der Waals surface area (Å²) in [5, 5.41) is 2.17. The largest absolute Gasteiger partial charge is 0.464 e. The molecule has 3 unspecified atom stereocenters. The van der Waals surface area contributed by atoms with E-state index in [2.05, 4.69) is 158 Å². The molecule has 3 atom stereocenters. The van der Waals surface area contributed by atoms with Crippen molar-refractivity contribution in [3.63, 3.8) is 0 Å². The molecule has 2 aromatic heterocycles. The lowest BCUT2D eigenvalue weighted by atomic mass is 9.30. The van der Waals surface area contributed by atoms with E-state index in [0.29, 0.717) is 5.92 Å². The zero-order chi connectivity index (χ0) is 37.7. The van der Waals surface area contributed by atoms with Gasteiger partial charge in [0.2, 0.25) is 0 Å². The van der Waals surface area contributed by atoms with Gasteiger partial charge < -0.3 is 23.4 Å². The number of rotatable bonds is 3. The Morgan fingerprint density at radius 3 is 2.40 bits per heavy atom. The molecule has 7 aromatic rings. The average Bonchev–Trinajstić information content (AvgIpc) is 3.82. The Kier molecular flexibility index (Phi) is 6.33. The number of anilines is 5. The van der Waals surface area contributed by atoms with Crippen LogP contribution in [0.5, 0.6) is 5.75 Å². The van der Waals surface area contributed by atoms with Gasteiger partial charge in [0.05, 0.1) is 17.3 Å². The first-order valence-corrected chi connectivity index (χ1v) is 20.5. The highest BCUT2D eigenvalue weighted by atomic mass is 16.5. The van der Waals surface area contributed by atoms with Gasteiger partial charge in [0.1, 0.15) is 28.6 Å². The fourth-order valence-electron chi connectivity index (χ4n) is 11.1. The highest BCUT2D eigenvalue weighted by Gasteiger charge is 2.57. The van der Waals surface area contributed by atoms with Gasteiger partial charge in [0.25, 0.3) is 6.71 Å². The molecule has 0 radical (unpaired) electrons. The summed E-state index contributed by atoms with van der Waals surface area (Å²) in [6, 6.07) is 35.4. The summed E-state index contributed by atoms with van der Waals surface area (Å²) < 4.78 is 21.8. The number of ether oxygens (including phenoxy) is 1. The van der Waals surface area contributed by atoms with Crippen molar-refractivity contribution in [2.45, 2.75) is 52.0 Å². The Morgan fingerprint density at radius 1 is 0.772 bits per heavy atom. The molecule has 3 aliphatic carbocycles. The van der Waals surface area contributed by atoms with E-state index in [0.717, 1.165) is 92.4 Å². The Labute approximate surface area is 331 Å². The van der Waals surface area contributed by atoms with Gasteiger partial charge >= 0.3 is 0 Å². The maximum atomic E-state index is 7.55. The summed E-state index contributed by atoms with van der Waals surface area (Å²) in [5.41, 5.74) is 17.4. The molecule has 274 valence electrons. The molecule has 3 aliphatic heterocycles. The smallest absolute Gasteiger partial charge is 0.257 e. The van der Waals surface area contributed by atoms with Crippen LogP contribution in [0.3, 0.4) is 0 Å². The number of nitrogens with zero attached hydrogens (tertiary/aromatic N) is 2. The van der Waals surface area contributed by atoms with Crippen LogP contribution >= 0.6 is 0 Å². The van der Waals surface area contributed by atoms with E-state index in [9.17, 15) is 0 Å². The van der Waals surface area contributed by atoms with E-state index in [1.807, 2.05) is 0 Å². The van der Waals surface area contributed by atoms with Crippen LogP contribution in [0.4, 0.5) is 28.4 Å². The SMILES string of the molecule is Cc1cc2c3c(c1)N(c1ccccc1)C1C4=C(Oc5cc6c(oc7c(C8=CC=CCC8C)cccc76)c(c5B43)N2c2ccccc2)c2c(oc3c2C=CCC3)C1C. The van der Waals surface area contributed by atoms with Crippen molar-refractivity contribution in [2.24, 2.45) is 5.92 Å². The van der Waals surface area contributed by atoms with Crippen molar-refractivity contribution in [3.8, 4) is 5.75 Å². The van der Waals surface area contributed by atoms with E-state index in [4.69, 9.17) is 13.6 Å². The molecule has 6 heteroatoms. The summed E-state index contributed by atoms with van der Waals surface area (Å²) in [6.45, 7) is 6.86. The maximum Gasteiger partial charge on any atom is 0.257 e. The van der Waals surface area contributed by atoms with E-state index in [1.54, 1.807) is 0 Å². The number of hydrogen-bond donors (Lipinski definition) is 0. The molecule has 0 bridgehead atoms. The zero-order valence-corrected chi connectivity index (χ0v) is 32.2. The summed E-state index contributed by atoms with van der Waals surface area (Å²) in [7, 11) is 0. The van der Waals surface area contributed by atoms with Gasteiger partial charge in [0.15, 0.2) is 5.58 Å². The Morgan fingerprint density at radius 2 is 1.58 bits per heavy atom. The van der Waals surface area contributed by atoms with Crippen LogP contribution in [-0.2, 0) is 6.42 Å². The van der Waals surface area contributed by atoms with E-state index in [1.165, 1.54) is 44.5 Å². The second kappa shape index (κ2) is 11.4. The van der Waals surface area contributed by atoms with Gasteiger partial charge in [-0.15, -0.1) is 0 Å². The molecule has 0 N–H and O–H groups in total. The summed E-state index contributed by atoms with van der Waals surface area (Å²) >= 11 is 0. The lowest BCUT2D eigenvalue weighted by Gasteiger charge is -2.52. The van der Waals surface area contributed by atoms with Crippen LogP contribution in [0.25, 0.3) is 39.3 Å². The first-order chi connectivity index (χ1) is 28.0. The van der Waals surface area contributed by atoms with Crippen molar-refractivity contribution in [3.05, 3.63) is 161 Å². The summed E-state index contributed by atoms with van der Waals surface area (Å²) in [5.74, 6) is 4.41. The van der Waals surface area contributed by atoms with Crippen LogP contribution in [0.2, 0.25) is 0 Å². The van der Waals surface area contributed by atoms with Crippen LogP contribution in [0, 0.1) is 12.8 Å². The van der Waals surface area contributed by atoms with Gasteiger partial charge in [-0.2, -0.15) is 0 Å². The Hall–Kier alpha value is -6.40. The van der Waals surface area contributed by atoms with E-state index < -0.39 is 0 Å².